The summed E-state index contributed by atoms with van der Waals surface area (Å²) >= 11 is 9.25. The van der Waals surface area contributed by atoms with Gasteiger partial charge >= 0.3 is 0 Å². The molecule has 0 saturated carbocycles. The fraction of sp³-hybridized carbons (Fsp3) is 0.417. The zero-order valence-corrected chi connectivity index (χ0v) is 12.1. The van der Waals surface area contributed by atoms with E-state index in [4.69, 9.17) is 11.6 Å². The summed E-state index contributed by atoms with van der Waals surface area (Å²) in [5.74, 6) is -0.633. The molecule has 1 unspecified atom stereocenters. The molecule has 0 N–H and O–H groups in total. The van der Waals surface area contributed by atoms with Crippen molar-refractivity contribution in [2.24, 2.45) is 0 Å². The molecule has 0 radical (unpaired) electrons. The van der Waals surface area contributed by atoms with Gasteiger partial charge in [0.15, 0.2) is 0 Å². The number of rotatable bonds is 4. The van der Waals surface area contributed by atoms with Crippen LogP contribution in [0.3, 0.4) is 0 Å². The zero-order valence-electron chi connectivity index (χ0n) is 9.71. The van der Waals surface area contributed by atoms with Crippen LogP contribution in [0.4, 0.5) is 4.39 Å². The van der Waals surface area contributed by atoms with E-state index in [2.05, 4.69) is 15.9 Å². The smallest absolute Gasteiger partial charge is 0.255 e. The van der Waals surface area contributed by atoms with Gasteiger partial charge < -0.3 is 4.90 Å². The first-order valence-electron chi connectivity index (χ1n) is 5.26. The van der Waals surface area contributed by atoms with Gasteiger partial charge in [-0.1, -0.05) is 34.5 Å². The number of carbonyl (C=O) groups excluding carboxylic acids is 1. The van der Waals surface area contributed by atoms with Crippen LogP contribution in [0.2, 0.25) is 5.02 Å². The van der Waals surface area contributed by atoms with Gasteiger partial charge in [-0.25, -0.2) is 4.39 Å². The number of nitrogens with zero attached hydrogens (tertiary/aromatic N) is 1. The Balaban J connectivity index is 2.75. The average molecular weight is 323 g/mol. The Morgan fingerprint density at radius 1 is 1.59 bits per heavy atom. The van der Waals surface area contributed by atoms with Crippen LogP contribution in [-0.2, 0) is 0 Å². The quantitative estimate of drug-likeness (QED) is 0.774. The van der Waals surface area contributed by atoms with E-state index in [1.165, 1.54) is 12.1 Å². The van der Waals surface area contributed by atoms with Gasteiger partial charge in [0.05, 0.1) is 10.6 Å². The first kappa shape index (κ1) is 14.5. The van der Waals surface area contributed by atoms with Crippen molar-refractivity contribution in [3.8, 4) is 0 Å². The molecule has 1 amide bonds. The molecule has 0 aliphatic rings. The van der Waals surface area contributed by atoms with Crippen LogP contribution in [0.1, 0.15) is 23.7 Å². The summed E-state index contributed by atoms with van der Waals surface area (Å²) in [5.41, 5.74) is 0.331. The number of halogens is 3. The molecule has 1 aromatic rings. The number of alkyl halides is 1. The molecule has 5 heteroatoms. The van der Waals surface area contributed by atoms with Gasteiger partial charge in [-0.2, -0.15) is 0 Å². The number of hydrogen-bond acceptors (Lipinski definition) is 1. The molecule has 1 rings (SSSR count). The number of amides is 1. The van der Waals surface area contributed by atoms with Gasteiger partial charge in [-0.05, 0) is 24.6 Å². The summed E-state index contributed by atoms with van der Waals surface area (Å²) in [6, 6.07) is 3.80. The largest absolute Gasteiger partial charge is 0.342 e. The molecule has 0 aromatic heterocycles. The minimum Gasteiger partial charge on any atom is -0.342 e. The fourth-order valence-electron chi connectivity index (χ4n) is 1.34. The highest BCUT2D eigenvalue weighted by molar-refractivity contribution is 9.09. The van der Waals surface area contributed by atoms with Gasteiger partial charge in [0.2, 0.25) is 0 Å². The summed E-state index contributed by atoms with van der Waals surface area (Å²) in [5, 5.41) is 0.147. The van der Waals surface area contributed by atoms with Crippen molar-refractivity contribution in [1.82, 2.24) is 4.90 Å². The van der Waals surface area contributed by atoms with E-state index >= 15 is 0 Å². The van der Waals surface area contributed by atoms with E-state index in [1.807, 2.05) is 6.92 Å². The lowest BCUT2D eigenvalue weighted by atomic mass is 10.2. The van der Waals surface area contributed by atoms with E-state index in [0.717, 1.165) is 12.5 Å². The molecule has 0 spiro atoms. The second-order valence-corrected chi connectivity index (χ2v) is 5.89. The maximum atomic E-state index is 12.9. The minimum atomic E-state index is -0.441. The molecule has 1 atom stereocenters. The van der Waals surface area contributed by atoms with Crippen molar-refractivity contribution in [2.75, 3.05) is 13.6 Å². The first-order chi connectivity index (χ1) is 7.91. The first-order valence-corrected chi connectivity index (χ1v) is 6.55. The topological polar surface area (TPSA) is 20.3 Å². The van der Waals surface area contributed by atoms with Crippen LogP contribution < -0.4 is 0 Å². The second kappa shape index (κ2) is 6.36. The van der Waals surface area contributed by atoms with Crippen LogP contribution in [0.15, 0.2) is 18.2 Å². The van der Waals surface area contributed by atoms with E-state index in [-0.39, 0.29) is 10.9 Å². The maximum Gasteiger partial charge on any atom is 0.255 e. The van der Waals surface area contributed by atoms with Crippen LogP contribution in [0, 0.1) is 5.82 Å². The Kier molecular flexibility index (Phi) is 5.40. The third kappa shape index (κ3) is 4.28. The normalized spacial score (nSPS) is 12.3. The molecule has 0 aliphatic carbocycles. The van der Waals surface area contributed by atoms with Gasteiger partial charge in [0.1, 0.15) is 5.82 Å². The SMILES string of the molecule is CC(Br)CCN(C)C(=O)c1ccc(F)cc1Cl. The lowest BCUT2D eigenvalue weighted by Crippen LogP contribution is -2.29. The van der Waals surface area contributed by atoms with Crippen LogP contribution in [0.25, 0.3) is 0 Å². The van der Waals surface area contributed by atoms with Crippen molar-refractivity contribution in [3.63, 3.8) is 0 Å². The number of carbonyl (C=O) groups is 1. The molecular weight excluding hydrogens is 308 g/mol. The van der Waals surface area contributed by atoms with E-state index in [9.17, 15) is 9.18 Å². The standard InChI is InChI=1S/C12H14BrClFNO/c1-8(13)5-6-16(2)12(17)10-4-3-9(15)7-11(10)14/h3-4,7-8H,5-6H2,1-2H3. The molecule has 0 bridgehead atoms. The van der Waals surface area contributed by atoms with Crippen molar-refractivity contribution in [1.29, 1.82) is 0 Å². The third-order valence-electron chi connectivity index (χ3n) is 2.37. The Morgan fingerprint density at radius 3 is 2.76 bits per heavy atom. The average Bonchev–Trinajstić information content (AvgIpc) is 2.25. The van der Waals surface area contributed by atoms with Gasteiger partial charge in [-0.3, -0.25) is 4.79 Å². The summed E-state index contributed by atoms with van der Waals surface area (Å²) < 4.78 is 12.9. The van der Waals surface area contributed by atoms with Gasteiger partial charge in [0, 0.05) is 18.4 Å². The summed E-state index contributed by atoms with van der Waals surface area (Å²) in [4.78, 5) is 13.9. The molecule has 1 aromatic carbocycles. The molecule has 94 valence electrons. The predicted molar refractivity (Wildman–Crippen MR) is 71.4 cm³/mol. The Bertz CT molecular complexity index is 411. The molecule has 0 heterocycles. The van der Waals surface area contributed by atoms with Crippen molar-refractivity contribution in [3.05, 3.63) is 34.6 Å². The predicted octanol–water partition coefficient (Wildman–Crippen LogP) is 3.72. The summed E-state index contributed by atoms with van der Waals surface area (Å²) in [6.45, 7) is 2.64. The van der Waals surface area contributed by atoms with E-state index in [0.29, 0.717) is 16.9 Å². The lowest BCUT2D eigenvalue weighted by molar-refractivity contribution is 0.0794. The molecule has 2 nitrogen and oxygen atoms in total. The highest BCUT2D eigenvalue weighted by Crippen LogP contribution is 2.19. The van der Waals surface area contributed by atoms with Crippen molar-refractivity contribution < 1.29 is 9.18 Å². The molecule has 0 saturated heterocycles. The number of benzene rings is 1. The summed E-state index contributed by atoms with van der Waals surface area (Å²) in [6.07, 6.45) is 0.848. The van der Waals surface area contributed by atoms with Crippen LogP contribution in [0.5, 0.6) is 0 Å². The Morgan fingerprint density at radius 2 is 2.24 bits per heavy atom. The molecule has 17 heavy (non-hydrogen) atoms. The molecule has 0 aliphatic heterocycles. The monoisotopic (exact) mass is 321 g/mol. The Labute approximate surface area is 114 Å². The Hall–Kier alpha value is -0.610. The zero-order chi connectivity index (χ0) is 13.0. The maximum absolute atomic E-state index is 12.9. The highest BCUT2D eigenvalue weighted by Gasteiger charge is 2.15. The summed E-state index contributed by atoms with van der Waals surface area (Å²) in [7, 11) is 1.71. The van der Waals surface area contributed by atoms with Gasteiger partial charge in [-0.15, -0.1) is 0 Å². The molecule has 0 fully saturated rings. The van der Waals surface area contributed by atoms with Crippen molar-refractivity contribution in [2.45, 2.75) is 18.2 Å². The molecular formula is C12H14BrClFNO. The van der Waals surface area contributed by atoms with Crippen LogP contribution in [-0.4, -0.2) is 29.2 Å². The second-order valence-electron chi connectivity index (χ2n) is 3.92. The van der Waals surface area contributed by atoms with E-state index in [1.54, 1.807) is 11.9 Å². The lowest BCUT2D eigenvalue weighted by Gasteiger charge is -2.18. The minimum absolute atomic E-state index is 0.147. The van der Waals surface area contributed by atoms with Gasteiger partial charge in [0.25, 0.3) is 5.91 Å². The third-order valence-corrected chi connectivity index (χ3v) is 3.14. The fourth-order valence-corrected chi connectivity index (χ4v) is 1.79. The number of hydrogen-bond donors (Lipinski definition) is 0. The van der Waals surface area contributed by atoms with Crippen molar-refractivity contribution >= 4 is 33.4 Å². The van der Waals surface area contributed by atoms with E-state index < -0.39 is 5.82 Å². The van der Waals surface area contributed by atoms with Crippen LogP contribution >= 0.6 is 27.5 Å². The highest BCUT2D eigenvalue weighted by atomic mass is 79.9.